The summed E-state index contributed by atoms with van der Waals surface area (Å²) in [6.45, 7) is 2.73. The number of benzene rings is 1. The lowest BCUT2D eigenvalue weighted by Gasteiger charge is -2.26. The van der Waals surface area contributed by atoms with Gasteiger partial charge in [-0.2, -0.15) is 4.98 Å². The van der Waals surface area contributed by atoms with E-state index in [4.69, 9.17) is 9.72 Å². The van der Waals surface area contributed by atoms with Crippen molar-refractivity contribution in [3.63, 3.8) is 0 Å². The summed E-state index contributed by atoms with van der Waals surface area (Å²) < 4.78 is 8.94. The molecule has 8 nitrogen and oxygen atoms in total. The van der Waals surface area contributed by atoms with E-state index in [0.29, 0.717) is 30.1 Å². The first kappa shape index (κ1) is 18.2. The van der Waals surface area contributed by atoms with Crippen LogP contribution in [0.2, 0.25) is 0 Å². The van der Waals surface area contributed by atoms with Crippen molar-refractivity contribution in [2.45, 2.75) is 51.2 Å². The van der Waals surface area contributed by atoms with E-state index in [2.05, 4.69) is 16.4 Å². The van der Waals surface area contributed by atoms with Gasteiger partial charge in [0, 0.05) is 25.2 Å². The second kappa shape index (κ2) is 6.88. The number of aliphatic hydroxyl groups excluding tert-OH is 1. The van der Waals surface area contributed by atoms with Gasteiger partial charge in [0.15, 0.2) is 5.65 Å². The number of rotatable bonds is 3. The molecular formula is C21H25N5O3. The molecule has 2 atom stereocenters. The maximum atomic E-state index is 12.9. The Kier molecular flexibility index (Phi) is 4.31. The predicted octanol–water partition coefficient (Wildman–Crippen LogP) is 2.59. The average molecular weight is 395 g/mol. The van der Waals surface area contributed by atoms with Crippen LogP contribution in [-0.2, 0) is 13.5 Å². The Bertz CT molecular complexity index is 1150. The molecule has 29 heavy (non-hydrogen) atoms. The molecule has 152 valence electrons. The maximum Gasteiger partial charge on any atom is 0.330 e. The van der Waals surface area contributed by atoms with Crippen LogP contribution < -0.4 is 15.7 Å². The van der Waals surface area contributed by atoms with E-state index in [1.165, 1.54) is 5.56 Å². The summed E-state index contributed by atoms with van der Waals surface area (Å²) in [5.41, 5.74) is 4.35. The Hall–Kier alpha value is -2.87. The summed E-state index contributed by atoms with van der Waals surface area (Å²) in [6, 6.07) is 4.07. The minimum atomic E-state index is -0.369. The monoisotopic (exact) mass is 395 g/mol. The number of fused-ring (bicyclic) bond motifs is 2. The minimum absolute atomic E-state index is 0.0448. The molecule has 0 bridgehead atoms. The summed E-state index contributed by atoms with van der Waals surface area (Å²) in [5, 5.41) is 13.4. The zero-order valence-corrected chi connectivity index (χ0v) is 16.7. The molecule has 0 saturated heterocycles. The van der Waals surface area contributed by atoms with E-state index in [1.54, 1.807) is 22.4 Å². The van der Waals surface area contributed by atoms with Crippen LogP contribution in [0.1, 0.15) is 42.9 Å². The number of nitrogens with one attached hydrogen (secondary N) is 1. The number of hydrogen-bond donors (Lipinski definition) is 2. The summed E-state index contributed by atoms with van der Waals surface area (Å²) in [4.78, 5) is 22.0. The van der Waals surface area contributed by atoms with Gasteiger partial charge in [-0.15, -0.1) is 0 Å². The van der Waals surface area contributed by atoms with Gasteiger partial charge in [0.1, 0.15) is 11.3 Å². The number of aromatic nitrogens is 4. The van der Waals surface area contributed by atoms with E-state index >= 15 is 0 Å². The van der Waals surface area contributed by atoms with Gasteiger partial charge in [-0.1, -0.05) is 0 Å². The number of aryl methyl sites for hydroxylation is 2. The van der Waals surface area contributed by atoms with Crippen molar-refractivity contribution in [3.05, 3.63) is 39.9 Å². The summed E-state index contributed by atoms with van der Waals surface area (Å²) in [5.74, 6) is 1.40. The minimum Gasteiger partial charge on any atom is -0.493 e. The molecule has 1 aliphatic carbocycles. The molecule has 2 aliphatic rings. The number of imidazole rings is 1. The van der Waals surface area contributed by atoms with Crippen LogP contribution in [-0.4, -0.2) is 36.9 Å². The van der Waals surface area contributed by atoms with Crippen LogP contribution in [0.4, 0.5) is 11.6 Å². The molecule has 0 radical (unpaired) electrons. The number of hydrogen-bond acceptors (Lipinski definition) is 6. The van der Waals surface area contributed by atoms with Gasteiger partial charge in [0.2, 0.25) is 5.95 Å². The van der Waals surface area contributed by atoms with E-state index in [9.17, 15) is 9.90 Å². The quantitative estimate of drug-likeness (QED) is 0.708. The summed E-state index contributed by atoms with van der Waals surface area (Å²) in [7, 11) is 1.74. The van der Waals surface area contributed by atoms with Crippen molar-refractivity contribution >= 4 is 22.8 Å². The Morgan fingerprint density at radius 3 is 3.00 bits per heavy atom. The van der Waals surface area contributed by atoms with E-state index in [0.717, 1.165) is 42.7 Å². The Morgan fingerprint density at radius 1 is 1.31 bits per heavy atom. The van der Waals surface area contributed by atoms with Gasteiger partial charge in [-0.3, -0.25) is 9.13 Å². The normalized spacial score (nSPS) is 21.2. The highest BCUT2D eigenvalue weighted by Gasteiger charge is 2.26. The van der Waals surface area contributed by atoms with Gasteiger partial charge in [-0.25, -0.2) is 9.78 Å². The molecule has 2 unspecified atom stereocenters. The smallest absolute Gasteiger partial charge is 0.330 e. The lowest BCUT2D eigenvalue weighted by atomic mass is 9.93. The third kappa shape index (κ3) is 3.07. The molecule has 1 aliphatic heterocycles. The third-order valence-electron chi connectivity index (χ3n) is 6.10. The molecule has 0 amide bonds. The molecule has 3 aromatic rings. The molecule has 0 spiro atoms. The van der Waals surface area contributed by atoms with E-state index in [1.807, 2.05) is 13.0 Å². The maximum absolute atomic E-state index is 12.9. The fourth-order valence-corrected chi connectivity index (χ4v) is 4.48. The second-order valence-corrected chi connectivity index (χ2v) is 8.09. The molecule has 2 N–H and O–H groups in total. The molecular weight excluding hydrogens is 370 g/mol. The molecule has 5 rings (SSSR count). The summed E-state index contributed by atoms with van der Waals surface area (Å²) >= 11 is 0. The first-order chi connectivity index (χ1) is 14.0. The highest BCUT2D eigenvalue weighted by molar-refractivity contribution is 5.73. The SMILES string of the molecule is Cc1cc2c(cc1Nc1ncc3c(n1)n(C1CCCC(O)C1)c(=O)n3C)CCO2. The zero-order chi connectivity index (χ0) is 20.1. The molecule has 1 aromatic carbocycles. The lowest BCUT2D eigenvalue weighted by Crippen LogP contribution is -2.31. The van der Waals surface area contributed by atoms with Gasteiger partial charge in [0.25, 0.3) is 0 Å². The predicted molar refractivity (Wildman–Crippen MR) is 110 cm³/mol. The lowest BCUT2D eigenvalue weighted by molar-refractivity contribution is 0.104. The molecule has 8 heteroatoms. The average Bonchev–Trinajstić information content (AvgIpc) is 3.24. The van der Waals surface area contributed by atoms with E-state index < -0.39 is 0 Å². The standard InChI is InChI=1S/C21H25N5O3/c1-12-8-18-13(6-7-29-18)9-16(12)23-20-22-11-17-19(24-20)26(21(28)25(17)2)14-4-3-5-15(27)10-14/h8-9,11,14-15,27H,3-7,10H2,1-2H3,(H,22,23,24). The third-order valence-corrected chi connectivity index (χ3v) is 6.10. The highest BCUT2D eigenvalue weighted by atomic mass is 16.5. The number of anilines is 2. The highest BCUT2D eigenvalue weighted by Crippen LogP contribution is 2.33. The van der Waals surface area contributed by atoms with Crippen molar-refractivity contribution < 1.29 is 9.84 Å². The van der Waals surface area contributed by atoms with Crippen molar-refractivity contribution in [2.75, 3.05) is 11.9 Å². The van der Waals surface area contributed by atoms with Crippen LogP contribution in [0.15, 0.2) is 23.1 Å². The van der Waals surface area contributed by atoms with Crippen LogP contribution in [0.3, 0.4) is 0 Å². The van der Waals surface area contributed by atoms with Crippen LogP contribution in [0, 0.1) is 6.92 Å². The van der Waals surface area contributed by atoms with Crippen LogP contribution in [0.5, 0.6) is 5.75 Å². The van der Waals surface area contributed by atoms with Crippen LogP contribution in [0.25, 0.3) is 11.2 Å². The van der Waals surface area contributed by atoms with Gasteiger partial charge < -0.3 is 15.2 Å². The topological polar surface area (TPSA) is 94.2 Å². The Balaban J connectivity index is 1.55. The molecule has 2 aromatic heterocycles. The van der Waals surface area contributed by atoms with Crippen LogP contribution >= 0.6 is 0 Å². The Morgan fingerprint density at radius 2 is 2.17 bits per heavy atom. The Labute approximate surface area is 168 Å². The van der Waals surface area contributed by atoms with E-state index in [-0.39, 0.29) is 17.8 Å². The first-order valence-electron chi connectivity index (χ1n) is 10.2. The van der Waals surface area contributed by atoms with Crippen molar-refractivity contribution in [1.29, 1.82) is 0 Å². The van der Waals surface area contributed by atoms with Crippen molar-refractivity contribution in [1.82, 2.24) is 19.1 Å². The number of ether oxygens (including phenoxy) is 1. The number of nitrogens with zero attached hydrogens (tertiary/aromatic N) is 4. The zero-order valence-electron chi connectivity index (χ0n) is 16.7. The number of aliphatic hydroxyl groups is 1. The largest absolute Gasteiger partial charge is 0.493 e. The van der Waals surface area contributed by atoms with Gasteiger partial charge >= 0.3 is 5.69 Å². The fourth-order valence-electron chi connectivity index (χ4n) is 4.48. The molecule has 1 saturated carbocycles. The van der Waals surface area contributed by atoms with Crippen molar-refractivity contribution in [3.8, 4) is 5.75 Å². The van der Waals surface area contributed by atoms with Gasteiger partial charge in [0.05, 0.1) is 18.9 Å². The van der Waals surface area contributed by atoms with Gasteiger partial charge in [-0.05, 0) is 55.9 Å². The summed E-state index contributed by atoms with van der Waals surface area (Å²) in [6.07, 6.45) is 5.36. The second-order valence-electron chi connectivity index (χ2n) is 8.09. The molecule has 3 heterocycles. The van der Waals surface area contributed by atoms with Crippen molar-refractivity contribution in [2.24, 2.45) is 7.05 Å². The first-order valence-corrected chi connectivity index (χ1v) is 10.2. The fraction of sp³-hybridized carbons (Fsp3) is 0.476. The molecule has 1 fully saturated rings.